The van der Waals surface area contributed by atoms with Gasteiger partial charge in [-0.05, 0) is 31.2 Å². The lowest BCUT2D eigenvalue weighted by atomic mass is 9.97. The van der Waals surface area contributed by atoms with E-state index in [1.165, 1.54) is 4.88 Å². The Morgan fingerprint density at radius 1 is 1.31 bits per heavy atom. The Bertz CT molecular complexity index is 1020. The number of hydrogen-bond acceptors (Lipinski definition) is 8. The van der Waals surface area contributed by atoms with Crippen LogP contribution in [-0.4, -0.2) is 26.1 Å². The maximum Gasteiger partial charge on any atom is 0.306 e. The van der Waals surface area contributed by atoms with Crippen molar-refractivity contribution in [3.63, 3.8) is 0 Å². The number of nitrogens with zero attached hydrogens (tertiary/aromatic N) is 3. The van der Waals surface area contributed by atoms with Crippen molar-refractivity contribution < 1.29 is 13.9 Å². The molecular formula is C17H18N4O4S. The fourth-order valence-electron chi connectivity index (χ4n) is 3.16. The maximum atomic E-state index is 12.5. The molecule has 136 valence electrons. The molecule has 9 heteroatoms. The van der Waals surface area contributed by atoms with E-state index in [1.807, 2.05) is 0 Å². The van der Waals surface area contributed by atoms with Gasteiger partial charge in [0.1, 0.15) is 10.7 Å². The summed E-state index contributed by atoms with van der Waals surface area (Å²) in [6.07, 6.45) is 4.68. The number of ether oxygens (including phenoxy) is 1. The van der Waals surface area contributed by atoms with E-state index in [4.69, 9.17) is 9.15 Å². The van der Waals surface area contributed by atoms with Crippen LogP contribution < -0.4 is 5.56 Å². The molecule has 0 saturated heterocycles. The number of aromatic amines is 1. The number of aryl methyl sites for hydroxylation is 4. The average molecular weight is 374 g/mol. The number of esters is 1. The fraction of sp³-hybridized carbons (Fsp3) is 0.471. The Kier molecular flexibility index (Phi) is 4.54. The number of nitrogens with one attached hydrogen (secondary N) is 1. The highest BCUT2D eigenvalue weighted by molar-refractivity contribution is 7.18. The van der Waals surface area contributed by atoms with Crippen molar-refractivity contribution >= 4 is 27.5 Å². The van der Waals surface area contributed by atoms with Crippen molar-refractivity contribution in [3.8, 4) is 0 Å². The third-order valence-electron chi connectivity index (χ3n) is 4.36. The molecule has 1 aliphatic carbocycles. The first kappa shape index (κ1) is 16.9. The van der Waals surface area contributed by atoms with Crippen LogP contribution in [-0.2, 0) is 35.4 Å². The van der Waals surface area contributed by atoms with Gasteiger partial charge in [0.05, 0.1) is 11.8 Å². The van der Waals surface area contributed by atoms with Gasteiger partial charge in [0.2, 0.25) is 5.89 Å². The maximum absolute atomic E-state index is 12.5. The predicted octanol–water partition coefficient (Wildman–Crippen LogP) is 2.23. The quantitative estimate of drug-likeness (QED) is 0.682. The van der Waals surface area contributed by atoms with Crippen LogP contribution in [0, 0.1) is 6.92 Å². The van der Waals surface area contributed by atoms with E-state index in [0.717, 1.165) is 41.5 Å². The van der Waals surface area contributed by atoms with Gasteiger partial charge >= 0.3 is 5.97 Å². The second-order valence-corrected chi connectivity index (χ2v) is 7.36. The molecule has 3 aromatic rings. The van der Waals surface area contributed by atoms with Crippen LogP contribution in [0.5, 0.6) is 0 Å². The summed E-state index contributed by atoms with van der Waals surface area (Å²) in [7, 11) is 0. The van der Waals surface area contributed by atoms with Crippen LogP contribution in [0.3, 0.4) is 0 Å². The van der Waals surface area contributed by atoms with E-state index < -0.39 is 5.97 Å². The van der Waals surface area contributed by atoms with Gasteiger partial charge in [-0.1, -0.05) is 0 Å². The molecule has 0 aliphatic heterocycles. The average Bonchev–Trinajstić information content (AvgIpc) is 3.21. The highest BCUT2D eigenvalue weighted by Crippen LogP contribution is 2.33. The summed E-state index contributed by atoms with van der Waals surface area (Å²) in [5.41, 5.74) is 1.05. The first-order chi connectivity index (χ1) is 12.6. The molecule has 3 aromatic heterocycles. The van der Waals surface area contributed by atoms with E-state index in [9.17, 15) is 9.59 Å². The Hall–Kier alpha value is -2.55. The monoisotopic (exact) mass is 374 g/mol. The van der Waals surface area contributed by atoms with Crippen LogP contribution in [0.1, 0.15) is 47.3 Å². The Labute approximate surface area is 152 Å². The zero-order valence-electron chi connectivity index (χ0n) is 14.3. The summed E-state index contributed by atoms with van der Waals surface area (Å²) < 4.78 is 10.2. The molecule has 8 nitrogen and oxygen atoms in total. The highest BCUT2D eigenvalue weighted by Gasteiger charge is 2.20. The molecule has 0 fully saturated rings. The number of H-pyrrole nitrogens is 1. The van der Waals surface area contributed by atoms with Gasteiger partial charge < -0.3 is 14.1 Å². The molecule has 0 radical (unpaired) electrons. The Morgan fingerprint density at radius 2 is 2.15 bits per heavy atom. The minimum absolute atomic E-state index is 0.0553. The molecule has 0 atom stereocenters. The molecular weight excluding hydrogens is 356 g/mol. The van der Waals surface area contributed by atoms with Crippen molar-refractivity contribution in [1.82, 2.24) is 20.2 Å². The zero-order chi connectivity index (χ0) is 18.1. The number of carbonyl (C=O) groups excluding carboxylic acids is 1. The van der Waals surface area contributed by atoms with Gasteiger partial charge in [-0.25, -0.2) is 4.98 Å². The molecule has 26 heavy (non-hydrogen) atoms. The largest absolute Gasteiger partial charge is 0.456 e. The molecule has 0 aromatic carbocycles. The fourth-order valence-corrected chi connectivity index (χ4v) is 4.44. The molecule has 0 spiro atoms. The van der Waals surface area contributed by atoms with Gasteiger partial charge in [-0.3, -0.25) is 9.59 Å². The van der Waals surface area contributed by atoms with Crippen molar-refractivity contribution in [1.29, 1.82) is 0 Å². The lowest BCUT2D eigenvalue weighted by Gasteiger charge is -2.09. The number of aromatic nitrogens is 4. The van der Waals surface area contributed by atoms with Gasteiger partial charge in [0, 0.05) is 18.2 Å². The number of thiophene rings is 1. The molecule has 0 unspecified atom stereocenters. The standard InChI is InChI=1S/C17H18N4O4S/c1-9-20-21-13(25-9)8-24-14(22)7-6-12-18-16(23)15-10-4-2-3-5-11(10)26-17(15)19-12/h2-8H2,1H3,(H,18,19,23). The summed E-state index contributed by atoms with van der Waals surface area (Å²) in [5.74, 6) is 0.776. The van der Waals surface area contributed by atoms with Crippen LogP contribution in [0.25, 0.3) is 10.2 Å². The van der Waals surface area contributed by atoms with Crippen molar-refractivity contribution in [3.05, 3.63) is 38.4 Å². The van der Waals surface area contributed by atoms with E-state index in [0.29, 0.717) is 18.1 Å². The highest BCUT2D eigenvalue weighted by atomic mass is 32.1. The van der Waals surface area contributed by atoms with E-state index >= 15 is 0 Å². The Morgan fingerprint density at radius 3 is 2.96 bits per heavy atom. The molecule has 0 saturated carbocycles. The first-order valence-corrected chi connectivity index (χ1v) is 9.40. The summed E-state index contributed by atoms with van der Waals surface area (Å²) in [6.45, 7) is 1.61. The van der Waals surface area contributed by atoms with Gasteiger partial charge in [-0.15, -0.1) is 21.5 Å². The normalized spacial score (nSPS) is 13.7. The Balaban J connectivity index is 1.42. The van der Waals surface area contributed by atoms with Crippen molar-refractivity contribution in [2.75, 3.05) is 0 Å². The summed E-state index contributed by atoms with van der Waals surface area (Å²) in [4.78, 5) is 33.7. The summed E-state index contributed by atoms with van der Waals surface area (Å²) in [6, 6.07) is 0. The molecule has 1 N–H and O–H groups in total. The van der Waals surface area contributed by atoms with Gasteiger partial charge in [0.15, 0.2) is 6.61 Å². The lowest BCUT2D eigenvalue weighted by Crippen LogP contribution is -2.14. The van der Waals surface area contributed by atoms with Crippen LogP contribution in [0.4, 0.5) is 0 Å². The second-order valence-electron chi connectivity index (χ2n) is 6.28. The first-order valence-electron chi connectivity index (χ1n) is 8.58. The molecule has 0 amide bonds. The zero-order valence-corrected chi connectivity index (χ0v) is 15.1. The van der Waals surface area contributed by atoms with Crippen molar-refractivity contribution in [2.45, 2.75) is 52.1 Å². The van der Waals surface area contributed by atoms with Crippen LogP contribution in [0.15, 0.2) is 9.21 Å². The van der Waals surface area contributed by atoms with E-state index in [-0.39, 0.29) is 24.5 Å². The molecule has 4 rings (SSSR count). The van der Waals surface area contributed by atoms with Crippen molar-refractivity contribution in [2.24, 2.45) is 0 Å². The molecule has 3 heterocycles. The minimum atomic E-state index is -0.408. The molecule has 0 bridgehead atoms. The smallest absolute Gasteiger partial charge is 0.306 e. The third kappa shape index (κ3) is 3.39. The summed E-state index contributed by atoms with van der Waals surface area (Å²) in [5, 5.41) is 8.15. The molecule has 1 aliphatic rings. The van der Waals surface area contributed by atoms with E-state index in [2.05, 4.69) is 20.2 Å². The van der Waals surface area contributed by atoms with Gasteiger partial charge in [0.25, 0.3) is 11.4 Å². The van der Waals surface area contributed by atoms with Gasteiger partial charge in [-0.2, -0.15) is 0 Å². The SMILES string of the molecule is Cc1nnc(COC(=O)CCc2nc3sc4c(c3c(=O)[nH]2)CCCC4)o1. The number of rotatable bonds is 5. The number of hydrogen-bond donors (Lipinski definition) is 1. The topological polar surface area (TPSA) is 111 Å². The second kappa shape index (κ2) is 6.99. The lowest BCUT2D eigenvalue weighted by molar-refractivity contribution is -0.145. The number of carbonyl (C=O) groups is 1. The van der Waals surface area contributed by atoms with E-state index in [1.54, 1.807) is 18.3 Å². The third-order valence-corrected chi connectivity index (χ3v) is 5.55. The minimum Gasteiger partial charge on any atom is -0.456 e. The predicted molar refractivity (Wildman–Crippen MR) is 94.0 cm³/mol. The summed E-state index contributed by atoms with van der Waals surface area (Å²) >= 11 is 1.60. The number of fused-ring (bicyclic) bond motifs is 3. The van der Waals surface area contributed by atoms with Crippen LogP contribution >= 0.6 is 11.3 Å². The van der Waals surface area contributed by atoms with Crippen LogP contribution in [0.2, 0.25) is 0 Å².